The predicted octanol–water partition coefficient (Wildman–Crippen LogP) is 5.36. The van der Waals surface area contributed by atoms with Gasteiger partial charge in [-0.25, -0.2) is 0 Å². The van der Waals surface area contributed by atoms with Crippen molar-refractivity contribution < 1.29 is 19.1 Å². The number of pyridine rings is 1. The highest BCUT2D eigenvalue weighted by atomic mass is 16.5. The van der Waals surface area contributed by atoms with E-state index in [1.807, 2.05) is 49.4 Å². The van der Waals surface area contributed by atoms with Crippen LogP contribution in [0.5, 0.6) is 11.5 Å². The number of nitrogens with one attached hydrogen (secondary N) is 1. The van der Waals surface area contributed by atoms with Gasteiger partial charge in [0.1, 0.15) is 0 Å². The third kappa shape index (κ3) is 6.39. The van der Waals surface area contributed by atoms with Crippen LogP contribution in [0.3, 0.4) is 0 Å². The molecule has 1 aliphatic rings. The number of methoxy groups -OCH3 is 2. The lowest BCUT2D eigenvalue weighted by molar-refractivity contribution is 0.0983. The van der Waals surface area contributed by atoms with Gasteiger partial charge < -0.3 is 19.7 Å². The Bertz CT molecular complexity index is 1520. The van der Waals surface area contributed by atoms with Gasteiger partial charge >= 0.3 is 0 Å². The summed E-state index contributed by atoms with van der Waals surface area (Å²) in [7, 11) is 3.30. The molecular formula is C33H34N4O4. The van der Waals surface area contributed by atoms with Gasteiger partial charge in [-0.3, -0.25) is 19.5 Å². The molecule has 4 aromatic rings. The zero-order valence-corrected chi connectivity index (χ0v) is 23.6. The molecule has 0 radical (unpaired) electrons. The van der Waals surface area contributed by atoms with Gasteiger partial charge in [-0.15, -0.1) is 0 Å². The van der Waals surface area contributed by atoms with Crippen molar-refractivity contribution >= 4 is 23.2 Å². The van der Waals surface area contributed by atoms with Crippen LogP contribution in [0.4, 0.5) is 11.4 Å². The summed E-state index contributed by atoms with van der Waals surface area (Å²) in [6, 6.07) is 24.4. The molecule has 5 rings (SSSR count). The number of anilines is 2. The number of nitrogens with zero attached hydrogens (tertiary/aromatic N) is 3. The first-order chi connectivity index (χ1) is 20.0. The predicted molar refractivity (Wildman–Crippen MR) is 160 cm³/mol. The molecule has 0 bridgehead atoms. The van der Waals surface area contributed by atoms with Crippen molar-refractivity contribution in [2.75, 3.05) is 44.1 Å². The van der Waals surface area contributed by atoms with Crippen LogP contribution < -0.4 is 19.7 Å². The van der Waals surface area contributed by atoms with Crippen molar-refractivity contribution in [3.8, 4) is 11.5 Å². The number of aromatic nitrogens is 1. The number of hydrogen-bond donors (Lipinski definition) is 1. The van der Waals surface area contributed by atoms with Crippen LogP contribution in [0.2, 0.25) is 0 Å². The van der Waals surface area contributed by atoms with Crippen molar-refractivity contribution in [3.05, 3.63) is 113 Å². The van der Waals surface area contributed by atoms with E-state index in [1.165, 1.54) is 17.3 Å². The van der Waals surface area contributed by atoms with Crippen molar-refractivity contribution in [1.29, 1.82) is 0 Å². The first-order valence-corrected chi connectivity index (χ1v) is 13.6. The molecule has 0 unspecified atom stereocenters. The molecule has 3 aromatic carbocycles. The molecule has 1 aromatic heterocycles. The monoisotopic (exact) mass is 550 g/mol. The Hall–Kier alpha value is -4.69. The average molecular weight is 551 g/mol. The molecule has 2 heterocycles. The summed E-state index contributed by atoms with van der Waals surface area (Å²) in [6.45, 7) is 4.65. The molecule has 41 heavy (non-hydrogen) atoms. The molecule has 8 nitrogen and oxygen atoms in total. The Labute approximate surface area is 240 Å². The number of carbonyl (C=O) groups excluding carboxylic acids is 2. The summed E-state index contributed by atoms with van der Waals surface area (Å²) >= 11 is 0. The Morgan fingerprint density at radius 3 is 2.34 bits per heavy atom. The van der Waals surface area contributed by atoms with Crippen molar-refractivity contribution in [1.82, 2.24) is 9.88 Å². The zero-order chi connectivity index (χ0) is 28.8. The van der Waals surface area contributed by atoms with Crippen LogP contribution in [0.25, 0.3) is 0 Å². The van der Waals surface area contributed by atoms with E-state index in [-0.39, 0.29) is 11.8 Å². The number of aryl methyl sites for hydroxylation is 1. The third-order valence-electron chi connectivity index (χ3n) is 7.33. The van der Waals surface area contributed by atoms with Gasteiger partial charge in [-0.05, 0) is 73.0 Å². The summed E-state index contributed by atoms with van der Waals surface area (Å²) in [5.74, 6) is 0.959. The maximum Gasteiger partial charge on any atom is 0.260 e. The summed E-state index contributed by atoms with van der Waals surface area (Å²) in [5.41, 5.74) is 5.38. The molecule has 0 saturated heterocycles. The van der Waals surface area contributed by atoms with E-state index >= 15 is 0 Å². The maximum absolute atomic E-state index is 14.1. The molecule has 0 fully saturated rings. The van der Waals surface area contributed by atoms with E-state index in [0.29, 0.717) is 35.7 Å². The summed E-state index contributed by atoms with van der Waals surface area (Å²) in [6.07, 6.45) is 2.42. The quantitative estimate of drug-likeness (QED) is 0.302. The second-order valence-electron chi connectivity index (χ2n) is 9.98. The minimum absolute atomic E-state index is 0.182. The zero-order valence-electron chi connectivity index (χ0n) is 23.6. The molecule has 1 N–H and O–H groups in total. The van der Waals surface area contributed by atoms with Gasteiger partial charge in [-0.1, -0.05) is 30.3 Å². The first-order valence-electron chi connectivity index (χ1n) is 13.6. The summed E-state index contributed by atoms with van der Waals surface area (Å²) in [4.78, 5) is 35.4. The smallest absolute Gasteiger partial charge is 0.260 e. The minimum Gasteiger partial charge on any atom is -0.493 e. The van der Waals surface area contributed by atoms with Crippen LogP contribution in [-0.4, -0.2) is 55.6 Å². The van der Waals surface area contributed by atoms with Gasteiger partial charge in [0.2, 0.25) is 0 Å². The summed E-state index contributed by atoms with van der Waals surface area (Å²) < 4.78 is 11.0. The van der Waals surface area contributed by atoms with Crippen molar-refractivity contribution in [2.24, 2.45) is 0 Å². The molecular weight excluding hydrogens is 516 g/mol. The Morgan fingerprint density at radius 2 is 1.63 bits per heavy atom. The molecule has 0 spiro atoms. The highest BCUT2D eigenvalue weighted by molar-refractivity contribution is 6.13. The van der Waals surface area contributed by atoms with Crippen LogP contribution in [0.1, 0.15) is 37.5 Å². The van der Waals surface area contributed by atoms with E-state index in [4.69, 9.17) is 9.47 Å². The lowest BCUT2D eigenvalue weighted by Crippen LogP contribution is -2.41. The maximum atomic E-state index is 14.1. The molecule has 0 aliphatic carbocycles. The highest BCUT2D eigenvalue weighted by Crippen LogP contribution is 2.33. The molecule has 0 atom stereocenters. The number of fused-ring (bicyclic) bond motifs is 1. The van der Waals surface area contributed by atoms with E-state index < -0.39 is 0 Å². The number of carbonyl (C=O) groups is 2. The SMILES string of the molecule is COc1cc2c(cc1OC)CN(CCN(C(=O)c1ccccc1NC(=O)c1ccc(C)nc1)c1ccccc1)CC2. The van der Waals surface area contributed by atoms with Crippen molar-refractivity contribution in [3.63, 3.8) is 0 Å². The standard InChI is InChI=1S/C33H34N4O4/c1-23-13-14-25(21-34-23)32(38)35-29-12-8-7-11-28(29)33(39)37(27-9-5-4-6-10-27)18-17-36-16-15-24-19-30(40-2)31(41-3)20-26(24)22-36/h4-14,19-21H,15-18,22H2,1-3H3,(H,35,38). The fourth-order valence-corrected chi connectivity index (χ4v) is 5.05. The van der Waals surface area contributed by atoms with Gasteiger partial charge in [0.15, 0.2) is 11.5 Å². The molecule has 2 amide bonds. The number of rotatable bonds is 9. The van der Waals surface area contributed by atoms with Gasteiger partial charge in [0.05, 0.1) is 31.0 Å². The number of ether oxygens (including phenoxy) is 2. The Morgan fingerprint density at radius 1 is 0.927 bits per heavy atom. The van der Waals surface area contributed by atoms with Gasteiger partial charge in [0, 0.05) is 43.8 Å². The van der Waals surface area contributed by atoms with E-state index in [0.717, 1.165) is 36.6 Å². The molecule has 8 heteroatoms. The molecule has 1 aliphatic heterocycles. The van der Waals surface area contributed by atoms with Gasteiger partial charge in [-0.2, -0.15) is 0 Å². The fourth-order valence-electron chi connectivity index (χ4n) is 5.05. The Kier molecular flexibility index (Phi) is 8.60. The fraction of sp³-hybridized carbons (Fsp3) is 0.242. The highest BCUT2D eigenvalue weighted by Gasteiger charge is 2.24. The first kappa shape index (κ1) is 27.9. The van der Waals surface area contributed by atoms with Crippen LogP contribution >= 0.6 is 0 Å². The Balaban J connectivity index is 1.35. The lowest BCUT2D eigenvalue weighted by atomic mass is 9.99. The van der Waals surface area contributed by atoms with E-state index in [1.54, 1.807) is 49.5 Å². The summed E-state index contributed by atoms with van der Waals surface area (Å²) in [5, 5.41) is 2.91. The average Bonchev–Trinajstić information content (AvgIpc) is 3.01. The molecule has 0 saturated carbocycles. The largest absolute Gasteiger partial charge is 0.493 e. The van der Waals surface area contributed by atoms with E-state index in [9.17, 15) is 9.59 Å². The normalized spacial score (nSPS) is 12.8. The molecule has 210 valence electrons. The van der Waals surface area contributed by atoms with Crippen LogP contribution in [0.15, 0.2) is 85.1 Å². The number of para-hydroxylation sites is 2. The van der Waals surface area contributed by atoms with Gasteiger partial charge in [0.25, 0.3) is 11.8 Å². The van der Waals surface area contributed by atoms with Crippen molar-refractivity contribution in [2.45, 2.75) is 19.9 Å². The number of hydrogen-bond acceptors (Lipinski definition) is 6. The second-order valence-corrected chi connectivity index (χ2v) is 9.98. The third-order valence-corrected chi connectivity index (χ3v) is 7.33. The lowest BCUT2D eigenvalue weighted by Gasteiger charge is -2.32. The topological polar surface area (TPSA) is 84.0 Å². The van der Waals surface area contributed by atoms with E-state index in [2.05, 4.69) is 21.3 Å². The van der Waals surface area contributed by atoms with Crippen LogP contribution in [0, 0.1) is 6.92 Å². The number of amides is 2. The second kappa shape index (κ2) is 12.7. The number of benzene rings is 3. The van der Waals surface area contributed by atoms with Crippen LogP contribution in [-0.2, 0) is 13.0 Å². The minimum atomic E-state index is -0.317.